The van der Waals surface area contributed by atoms with Crippen LogP contribution in [-0.2, 0) is 6.54 Å². The number of nitrogens with one attached hydrogen (secondary N) is 2. The summed E-state index contributed by atoms with van der Waals surface area (Å²) in [5, 5.41) is 9.40. The van der Waals surface area contributed by atoms with Gasteiger partial charge in [-0.15, -0.1) is 0 Å². The first kappa shape index (κ1) is 13.5. The van der Waals surface area contributed by atoms with Gasteiger partial charge in [-0.05, 0) is 46.8 Å². The Bertz CT molecular complexity index is 756. The summed E-state index contributed by atoms with van der Waals surface area (Å²) in [5.41, 5.74) is 2.08. The third-order valence-corrected chi connectivity index (χ3v) is 3.43. The molecule has 1 aromatic heterocycles. The molecular weight excluding hydrogens is 278 g/mol. The van der Waals surface area contributed by atoms with E-state index in [9.17, 15) is 0 Å². The van der Waals surface area contributed by atoms with E-state index in [2.05, 4.69) is 39.9 Å². The predicted octanol–water partition coefficient (Wildman–Crippen LogP) is 3.72. The molecule has 0 bridgehead atoms. The molecule has 0 fully saturated rings. The number of anilines is 1. The van der Waals surface area contributed by atoms with Crippen LogP contribution in [0.2, 0.25) is 0 Å². The molecule has 4 heteroatoms. The Morgan fingerprint density at radius 3 is 2.67 bits per heavy atom. The van der Waals surface area contributed by atoms with Gasteiger partial charge in [0, 0.05) is 24.6 Å². The molecule has 2 aromatic carbocycles. The lowest BCUT2D eigenvalue weighted by Gasteiger charge is -2.11. The first-order valence-electron chi connectivity index (χ1n) is 6.74. The molecule has 3 nitrogen and oxygen atoms in total. The number of fused-ring (bicyclic) bond motifs is 1. The van der Waals surface area contributed by atoms with Crippen molar-refractivity contribution in [1.82, 2.24) is 10.3 Å². The van der Waals surface area contributed by atoms with Crippen molar-refractivity contribution >= 4 is 33.8 Å². The average Bonchev–Trinajstić information content (AvgIpc) is 2.54. The molecular formula is C17H15N3S. The Labute approximate surface area is 129 Å². The van der Waals surface area contributed by atoms with Crippen molar-refractivity contribution in [2.45, 2.75) is 6.54 Å². The smallest absolute Gasteiger partial charge is 0.171 e. The van der Waals surface area contributed by atoms with Crippen LogP contribution in [-0.4, -0.2) is 10.1 Å². The zero-order chi connectivity index (χ0) is 14.5. The van der Waals surface area contributed by atoms with Crippen LogP contribution in [0.4, 0.5) is 5.69 Å². The fraction of sp³-hybridized carbons (Fsp3) is 0.0588. The van der Waals surface area contributed by atoms with Gasteiger partial charge in [-0.2, -0.15) is 0 Å². The van der Waals surface area contributed by atoms with E-state index in [1.165, 1.54) is 10.8 Å². The molecule has 0 amide bonds. The summed E-state index contributed by atoms with van der Waals surface area (Å²) in [4.78, 5) is 4.08. The highest BCUT2D eigenvalue weighted by atomic mass is 32.1. The van der Waals surface area contributed by atoms with Crippen molar-refractivity contribution in [2.75, 3.05) is 5.32 Å². The Hall–Kier alpha value is -2.46. The lowest BCUT2D eigenvalue weighted by molar-refractivity contribution is 0.917. The van der Waals surface area contributed by atoms with Crippen LogP contribution in [0.5, 0.6) is 0 Å². The topological polar surface area (TPSA) is 37.0 Å². The first-order chi connectivity index (χ1) is 10.3. The molecule has 1 heterocycles. The molecule has 21 heavy (non-hydrogen) atoms. The van der Waals surface area contributed by atoms with Gasteiger partial charge in [-0.25, -0.2) is 0 Å². The van der Waals surface area contributed by atoms with Crippen LogP contribution < -0.4 is 10.6 Å². The molecule has 0 unspecified atom stereocenters. The summed E-state index contributed by atoms with van der Waals surface area (Å²) in [6.45, 7) is 0.660. The SMILES string of the molecule is S=C(NCc1cccnc1)Nc1ccc2ccccc2c1. The van der Waals surface area contributed by atoms with Gasteiger partial charge < -0.3 is 10.6 Å². The number of thiocarbonyl (C=S) groups is 1. The number of aromatic nitrogens is 1. The van der Waals surface area contributed by atoms with Crippen molar-refractivity contribution < 1.29 is 0 Å². The Balaban J connectivity index is 1.63. The highest BCUT2D eigenvalue weighted by Crippen LogP contribution is 2.18. The van der Waals surface area contributed by atoms with Crippen LogP contribution in [0, 0.1) is 0 Å². The molecule has 2 N–H and O–H groups in total. The zero-order valence-electron chi connectivity index (χ0n) is 11.4. The summed E-state index contributed by atoms with van der Waals surface area (Å²) in [7, 11) is 0. The maximum atomic E-state index is 5.32. The zero-order valence-corrected chi connectivity index (χ0v) is 12.2. The molecule has 0 saturated heterocycles. The summed E-state index contributed by atoms with van der Waals surface area (Å²) < 4.78 is 0. The highest BCUT2D eigenvalue weighted by molar-refractivity contribution is 7.80. The second-order valence-corrected chi connectivity index (χ2v) is 5.14. The maximum absolute atomic E-state index is 5.32. The maximum Gasteiger partial charge on any atom is 0.171 e. The first-order valence-corrected chi connectivity index (χ1v) is 7.15. The summed E-state index contributed by atoms with van der Waals surface area (Å²) in [6, 6.07) is 18.4. The van der Waals surface area contributed by atoms with Crippen molar-refractivity contribution in [3.63, 3.8) is 0 Å². The van der Waals surface area contributed by atoms with E-state index >= 15 is 0 Å². The fourth-order valence-corrected chi connectivity index (χ4v) is 2.32. The molecule has 0 aliphatic heterocycles. The molecule has 0 saturated carbocycles. The van der Waals surface area contributed by atoms with Crippen LogP contribution in [0.15, 0.2) is 67.0 Å². The standard InChI is InChI=1S/C17H15N3S/c21-17(19-12-13-4-3-9-18-11-13)20-16-8-7-14-5-1-2-6-15(14)10-16/h1-11H,12H2,(H2,19,20,21). The van der Waals surface area contributed by atoms with E-state index < -0.39 is 0 Å². The van der Waals surface area contributed by atoms with Gasteiger partial charge in [0.2, 0.25) is 0 Å². The largest absolute Gasteiger partial charge is 0.358 e. The second kappa shape index (κ2) is 6.33. The van der Waals surface area contributed by atoms with Gasteiger partial charge >= 0.3 is 0 Å². The number of hydrogen-bond acceptors (Lipinski definition) is 2. The van der Waals surface area contributed by atoms with Gasteiger partial charge in [0.05, 0.1) is 0 Å². The number of rotatable bonds is 3. The Morgan fingerprint density at radius 2 is 1.86 bits per heavy atom. The van der Waals surface area contributed by atoms with E-state index in [1.807, 2.05) is 36.5 Å². The second-order valence-electron chi connectivity index (χ2n) is 4.73. The van der Waals surface area contributed by atoms with Crippen molar-refractivity contribution in [1.29, 1.82) is 0 Å². The monoisotopic (exact) mass is 293 g/mol. The van der Waals surface area contributed by atoms with E-state index in [-0.39, 0.29) is 0 Å². The highest BCUT2D eigenvalue weighted by Gasteiger charge is 1.99. The van der Waals surface area contributed by atoms with Gasteiger partial charge in [0.15, 0.2) is 5.11 Å². The van der Waals surface area contributed by atoms with E-state index in [1.54, 1.807) is 6.20 Å². The van der Waals surface area contributed by atoms with E-state index in [0.717, 1.165) is 11.3 Å². The van der Waals surface area contributed by atoms with E-state index in [0.29, 0.717) is 11.7 Å². The van der Waals surface area contributed by atoms with Gasteiger partial charge in [-0.1, -0.05) is 36.4 Å². The normalized spacial score (nSPS) is 10.3. The van der Waals surface area contributed by atoms with Crippen LogP contribution in [0.1, 0.15) is 5.56 Å². The Kier molecular flexibility index (Phi) is 4.07. The number of nitrogens with zero attached hydrogens (tertiary/aromatic N) is 1. The van der Waals surface area contributed by atoms with Crippen LogP contribution in [0.25, 0.3) is 10.8 Å². The lowest BCUT2D eigenvalue weighted by atomic mass is 10.1. The molecule has 0 radical (unpaired) electrons. The minimum Gasteiger partial charge on any atom is -0.358 e. The summed E-state index contributed by atoms with van der Waals surface area (Å²) in [6.07, 6.45) is 3.58. The third-order valence-electron chi connectivity index (χ3n) is 3.18. The number of pyridine rings is 1. The summed E-state index contributed by atoms with van der Waals surface area (Å²) >= 11 is 5.32. The predicted molar refractivity (Wildman–Crippen MR) is 91.2 cm³/mol. The number of benzene rings is 2. The van der Waals surface area contributed by atoms with Gasteiger partial charge in [-0.3, -0.25) is 4.98 Å². The molecule has 0 atom stereocenters. The quantitative estimate of drug-likeness (QED) is 0.722. The van der Waals surface area contributed by atoms with Crippen molar-refractivity contribution in [3.8, 4) is 0 Å². The average molecular weight is 293 g/mol. The molecule has 0 aliphatic rings. The minimum absolute atomic E-state index is 0.606. The van der Waals surface area contributed by atoms with E-state index in [4.69, 9.17) is 12.2 Å². The van der Waals surface area contributed by atoms with Crippen LogP contribution in [0.3, 0.4) is 0 Å². The van der Waals surface area contributed by atoms with Crippen molar-refractivity contribution in [3.05, 3.63) is 72.6 Å². The molecule has 0 spiro atoms. The third kappa shape index (κ3) is 3.55. The fourth-order valence-electron chi connectivity index (χ4n) is 2.13. The molecule has 0 aliphatic carbocycles. The molecule has 3 rings (SSSR count). The minimum atomic E-state index is 0.606. The Morgan fingerprint density at radius 1 is 1.00 bits per heavy atom. The number of hydrogen-bond donors (Lipinski definition) is 2. The van der Waals surface area contributed by atoms with Crippen molar-refractivity contribution in [2.24, 2.45) is 0 Å². The van der Waals surface area contributed by atoms with Crippen LogP contribution >= 0.6 is 12.2 Å². The van der Waals surface area contributed by atoms with Gasteiger partial charge in [0.25, 0.3) is 0 Å². The van der Waals surface area contributed by atoms with Gasteiger partial charge in [0.1, 0.15) is 0 Å². The summed E-state index contributed by atoms with van der Waals surface area (Å²) in [5.74, 6) is 0. The lowest BCUT2D eigenvalue weighted by Crippen LogP contribution is -2.27. The molecule has 104 valence electrons. The molecule has 3 aromatic rings.